The first kappa shape index (κ1) is 22.8. The molecule has 0 aliphatic rings. The van der Waals surface area contributed by atoms with Crippen LogP contribution in [-0.2, 0) is 0 Å². The highest BCUT2D eigenvalue weighted by Gasteiger charge is 2.17. The van der Waals surface area contributed by atoms with Crippen molar-refractivity contribution in [1.82, 2.24) is 15.2 Å². The summed E-state index contributed by atoms with van der Waals surface area (Å²) in [5.74, 6) is -0.365. The molecule has 2 N–H and O–H groups in total. The van der Waals surface area contributed by atoms with Crippen LogP contribution in [0.1, 0.15) is 21.6 Å². The highest BCUT2D eigenvalue weighted by atomic mass is 16.3. The highest BCUT2D eigenvalue weighted by molar-refractivity contribution is 5.94. The summed E-state index contributed by atoms with van der Waals surface area (Å²) in [6, 6.07) is 34.8. The Bertz CT molecular complexity index is 1540. The number of para-hydroxylation sites is 1. The van der Waals surface area contributed by atoms with Crippen molar-refractivity contribution in [3.05, 3.63) is 126 Å². The number of amides is 1. The number of aromatic nitrogens is 2. The van der Waals surface area contributed by atoms with E-state index >= 15 is 0 Å². The molecule has 0 saturated carbocycles. The number of nitrogens with zero attached hydrogens (tertiary/aromatic N) is 3. The summed E-state index contributed by atoms with van der Waals surface area (Å²) >= 11 is 0. The van der Waals surface area contributed by atoms with E-state index in [-0.39, 0.29) is 11.4 Å². The lowest BCUT2D eigenvalue weighted by atomic mass is 10.0. The molecule has 36 heavy (non-hydrogen) atoms. The van der Waals surface area contributed by atoms with Crippen molar-refractivity contribution < 1.29 is 9.90 Å². The van der Waals surface area contributed by atoms with E-state index in [2.05, 4.69) is 39.9 Å². The average molecular weight is 473 g/mol. The van der Waals surface area contributed by atoms with Crippen molar-refractivity contribution in [3.63, 3.8) is 0 Å². The quantitative estimate of drug-likeness (QED) is 0.236. The van der Waals surface area contributed by atoms with Gasteiger partial charge in [-0.25, -0.2) is 10.1 Å². The first-order valence-corrected chi connectivity index (χ1v) is 11.5. The largest absolute Gasteiger partial charge is 0.507 e. The van der Waals surface area contributed by atoms with Crippen molar-refractivity contribution in [2.24, 2.45) is 5.10 Å². The van der Waals surface area contributed by atoms with Gasteiger partial charge in [-0.2, -0.15) is 10.2 Å². The Hall–Kier alpha value is -4.97. The molecule has 1 aromatic heterocycles. The highest BCUT2D eigenvalue weighted by Crippen LogP contribution is 2.28. The summed E-state index contributed by atoms with van der Waals surface area (Å²) in [7, 11) is 0. The summed E-state index contributed by atoms with van der Waals surface area (Å²) in [6.45, 7) is 2.02. The molecular weight excluding hydrogens is 448 g/mol. The Labute approximate surface area is 209 Å². The molecule has 0 atom stereocenters. The maximum absolute atomic E-state index is 12.9. The van der Waals surface area contributed by atoms with E-state index in [4.69, 9.17) is 0 Å². The molecule has 0 bridgehead atoms. The Balaban J connectivity index is 1.47. The van der Waals surface area contributed by atoms with Crippen LogP contribution >= 0.6 is 0 Å². The topological polar surface area (TPSA) is 79.5 Å². The van der Waals surface area contributed by atoms with Gasteiger partial charge in [0.25, 0.3) is 5.91 Å². The number of rotatable bonds is 6. The van der Waals surface area contributed by atoms with Gasteiger partial charge in [0.05, 0.1) is 17.6 Å². The molecule has 0 aliphatic carbocycles. The second-order valence-corrected chi connectivity index (χ2v) is 8.37. The molecule has 1 amide bonds. The Morgan fingerprint density at radius 3 is 2.28 bits per heavy atom. The number of hydrogen-bond donors (Lipinski definition) is 2. The van der Waals surface area contributed by atoms with Gasteiger partial charge in [-0.05, 0) is 53.9 Å². The SMILES string of the molecule is Cc1cccc(-n2nc(C(=O)N/N=C\c3ccccc3O)cc2-c2ccc(-c3ccccc3)cc2)c1. The van der Waals surface area contributed by atoms with Crippen LogP contribution < -0.4 is 5.43 Å². The van der Waals surface area contributed by atoms with Crippen LogP contribution in [0.2, 0.25) is 0 Å². The fourth-order valence-corrected chi connectivity index (χ4v) is 3.93. The number of phenolic OH excluding ortho intramolecular Hbond substituents is 1. The number of aryl methyl sites for hydroxylation is 1. The van der Waals surface area contributed by atoms with Crippen LogP contribution in [0.25, 0.3) is 28.1 Å². The molecule has 0 aliphatic heterocycles. The molecule has 0 spiro atoms. The summed E-state index contributed by atoms with van der Waals surface area (Å²) < 4.78 is 1.77. The van der Waals surface area contributed by atoms with Gasteiger partial charge in [0.2, 0.25) is 0 Å². The third kappa shape index (κ3) is 4.93. The number of phenols is 1. The first-order chi connectivity index (χ1) is 17.6. The van der Waals surface area contributed by atoms with E-state index in [9.17, 15) is 9.90 Å². The zero-order valence-electron chi connectivity index (χ0n) is 19.7. The van der Waals surface area contributed by atoms with E-state index in [1.807, 2.05) is 61.5 Å². The number of carbonyl (C=O) groups is 1. The lowest BCUT2D eigenvalue weighted by molar-refractivity contribution is 0.0949. The molecular formula is C30H24N4O2. The molecule has 4 aromatic carbocycles. The normalized spacial score (nSPS) is 11.0. The van der Waals surface area contributed by atoms with Gasteiger partial charge < -0.3 is 5.11 Å². The Morgan fingerprint density at radius 2 is 1.53 bits per heavy atom. The van der Waals surface area contributed by atoms with Crippen LogP contribution in [0, 0.1) is 6.92 Å². The maximum Gasteiger partial charge on any atom is 0.291 e. The minimum absolute atomic E-state index is 0.0838. The van der Waals surface area contributed by atoms with Gasteiger partial charge in [0, 0.05) is 11.1 Å². The van der Waals surface area contributed by atoms with E-state index in [0.717, 1.165) is 33.6 Å². The molecule has 1 heterocycles. The lowest BCUT2D eigenvalue weighted by Gasteiger charge is -2.09. The molecule has 6 nitrogen and oxygen atoms in total. The molecule has 5 aromatic rings. The Morgan fingerprint density at radius 1 is 0.833 bits per heavy atom. The minimum Gasteiger partial charge on any atom is -0.507 e. The van der Waals surface area contributed by atoms with Gasteiger partial charge in [-0.1, -0.05) is 78.9 Å². The Kier molecular flexibility index (Phi) is 6.40. The van der Waals surface area contributed by atoms with E-state index in [1.165, 1.54) is 6.21 Å². The van der Waals surface area contributed by atoms with Gasteiger partial charge >= 0.3 is 0 Å². The molecule has 6 heteroatoms. The molecule has 5 rings (SSSR count). The van der Waals surface area contributed by atoms with Crippen LogP contribution in [0.4, 0.5) is 0 Å². The fourth-order valence-electron chi connectivity index (χ4n) is 3.93. The van der Waals surface area contributed by atoms with Crippen molar-refractivity contribution in [1.29, 1.82) is 0 Å². The van der Waals surface area contributed by atoms with Gasteiger partial charge in [-0.3, -0.25) is 4.79 Å². The van der Waals surface area contributed by atoms with Gasteiger partial charge in [0.15, 0.2) is 5.69 Å². The third-order valence-corrected chi connectivity index (χ3v) is 5.78. The first-order valence-electron chi connectivity index (χ1n) is 11.5. The zero-order chi connectivity index (χ0) is 24.9. The van der Waals surface area contributed by atoms with E-state index in [0.29, 0.717) is 5.56 Å². The third-order valence-electron chi connectivity index (χ3n) is 5.78. The smallest absolute Gasteiger partial charge is 0.291 e. The average Bonchev–Trinajstić information content (AvgIpc) is 3.36. The number of carbonyl (C=O) groups excluding carboxylic acids is 1. The fraction of sp³-hybridized carbons (Fsp3) is 0.0333. The second kappa shape index (κ2) is 10.1. The number of aromatic hydroxyl groups is 1. The maximum atomic E-state index is 12.9. The number of benzene rings is 4. The lowest BCUT2D eigenvalue weighted by Crippen LogP contribution is -2.18. The zero-order valence-corrected chi connectivity index (χ0v) is 19.7. The van der Waals surface area contributed by atoms with Gasteiger partial charge in [-0.15, -0.1) is 0 Å². The van der Waals surface area contributed by atoms with Crippen LogP contribution in [-0.4, -0.2) is 27.0 Å². The van der Waals surface area contributed by atoms with Gasteiger partial charge in [0.1, 0.15) is 5.75 Å². The second-order valence-electron chi connectivity index (χ2n) is 8.37. The molecule has 0 radical (unpaired) electrons. The van der Waals surface area contributed by atoms with Crippen molar-refractivity contribution >= 4 is 12.1 Å². The van der Waals surface area contributed by atoms with Crippen LogP contribution in [0.15, 0.2) is 114 Å². The molecule has 0 saturated heterocycles. The van der Waals surface area contributed by atoms with E-state index < -0.39 is 5.91 Å². The van der Waals surface area contributed by atoms with Crippen LogP contribution in [0.5, 0.6) is 5.75 Å². The number of hydrazone groups is 1. The van der Waals surface area contributed by atoms with Crippen LogP contribution in [0.3, 0.4) is 0 Å². The summed E-state index contributed by atoms with van der Waals surface area (Å²) in [5.41, 5.74) is 9.14. The predicted molar refractivity (Wildman–Crippen MR) is 142 cm³/mol. The van der Waals surface area contributed by atoms with Crippen molar-refractivity contribution in [2.45, 2.75) is 6.92 Å². The summed E-state index contributed by atoms with van der Waals surface area (Å²) in [6.07, 6.45) is 1.40. The molecule has 0 unspecified atom stereocenters. The molecule has 176 valence electrons. The monoisotopic (exact) mass is 472 g/mol. The van der Waals surface area contributed by atoms with Crippen molar-refractivity contribution in [3.8, 4) is 33.8 Å². The summed E-state index contributed by atoms with van der Waals surface area (Å²) in [5, 5.41) is 18.5. The molecule has 0 fully saturated rings. The minimum atomic E-state index is -0.449. The summed E-state index contributed by atoms with van der Waals surface area (Å²) in [4.78, 5) is 12.9. The van der Waals surface area contributed by atoms with E-state index in [1.54, 1.807) is 35.0 Å². The standard InChI is InChI=1S/C30H24N4O2/c1-21-8-7-12-26(18-21)34-28(24-16-14-23(15-17-24)22-9-3-2-4-10-22)19-27(33-34)30(36)32-31-20-25-11-5-6-13-29(25)35/h2-20,35H,1H3,(H,32,36)/b31-20-. The predicted octanol–water partition coefficient (Wildman–Crippen LogP) is 5.98. The number of hydrogen-bond acceptors (Lipinski definition) is 4. The number of nitrogens with one attached hydrogen (secondary N) is 1. The van der Waals surface area contributed by atoms with Crippen molar-refractivity contribution in [2.75, 3.05) is 0 Å².